The van der Waals surface area contributed by atoms with Crippen LogP contribution in [0.2, 0.25) is 5.02 Å². The highest BCUT2D eigenvalue weighted by atomic mass is 35.5. The van der Waals surface area contributed by atoms with Crippen LogP contribution in [-0.2, 0) is 16.6 Å². The van der Waals surface area contributed by atoms with Gasteiger partial charge in [-0.2, -0.15) is 5.10 Å². The van der Waals surface area contributed by atoms with Gasteiger partial charge in [0.2, 0.25) is 10.0 Å². The number of rotatable bonds is 5. The minimum Gasteiger partial charge on any atom is -0.251 e. The lowest BCUT2D eigenvalue weighted by molar-refractivity contribution is 0.493. The van der Waals surface area contributed by atoms with E-state index in [0.717, 1.165) is 0 Å². The van der Waals surface area contributed by atoms with Crippen LogP contribution >= 0.6 is 11.6 Å². The van der Waals surface area contributed by atoms with Gasteiger partial charge in [-0.25, -0.2) is 18.1 Å². The summed E-state index contributed by atoms with van der Waals surface area (Å²) in [4.78, 5) is 3.98. The first-order chi connectivity index (χ1) is 8.97. The molecule has 0 saturated heterocycles. The smallest absolute Gasteiger partial charge is 0.240 e. The summed E-state index contributed by atoms with van der Waals surface area (Å²) >= 11 is 5.73. The Hall–Kier alpha value is -1.44. The maximum Gasteiger partial charge on any atom is 0.240 e. The van der Waals surface area contributed by atoms with Crippen molar-refractivity contribution in [3.63, 3.8) is 0 Å². The molecule has 1 aromatic heterocycles. The van der Waals surface area contributed by atoms with Gasteiger partial charge in [-0.05, 0) is 31.2 Å². The Balaban J connectivity index is 2.06. The summed E-state index contributed by atoms with van der Waals surface area (Å²) in [6.45, 7) is 2.17. The molecule has 0 aliphatic rings. The maximum atomic E-state index is 12.1. The van der Waals surface area contributed by atoms with Crippen molar-refractivity contribution in [2.45, 2.75) is 24.4 Å². The third-order valence-corrected chi connectivity index (χ3v) is 4.27. The molecule has 1 heterocycles. The highest BCUT2D eigenvalue weighted by molar-refractivity contribution is 7.89. The van der Waals surface area contributed by atoms with Crippen molar-refractivity contribution in [1.29, 1.82) is 0 Å². The van der Waals surface area contributed by atoms with Gasteiger partial charge in [0, 0.05) is 11.1 Å². The quantitative estimate of drug-likeness (QED) is 0.903. The molecule has 2 rings (SSSR count). The molecule has 0 radical (unpaired) electrons. The highest BCUT2D eigenvalue weighted by Crippen LogP contribution is 2.14. The molecular weight excluding hydrogens is 288 g/mol. The molecule has 1 atom stereocenters. The second kappa shape index (κ2) is 5.68. The van der Waals surface area contributed by atoms with E-state index >= 15 is 0 Å². The molecule has 1 N–H and O–H groups in total. The monoisotopic (exact) mass is 300 g/mol. The van der Waals surface area contributed by atoms with E-state index in [0.29, 0.717) is 11.6 Å². The first-order valence-electron chi connectivity index (χ1n) is 5.58. The lowest BCUT2D eigenvalue weighted by Crippen LogP contribution is -2.35. The van der Waals surface area contributed by atoms with Gasteiger partial charge in [0.1, 0.15) is 12.7 Å². The Morgan fingerprint density at radius 1 is 1.37 bits per heavy atom. The van der Waals surface area contributed by atoms with Gasteiger partial charge in [-0.1, -0.05) is 11.6 Å². The van der Waals surface area contributed by atoms with E-state index in [1.165, 1.54) is 36.9 Å². The fraction of sp³-hybridized carbons (Fsp3) is 0.273. The largest absolute Gasteiger partial charge is 0.251 e. The van der Waals surface area contributed by atoms with Gasteiger partial charge in [0.25, 0.3) is 0 Å². The SMILES string of the molecule is CC(Cn1cncn1)NS(=O)(=O)c1ccc(Cl)cc1. The summed E-state index contributed by atoms with van der Waals surface area (Å²) in [5.41, 5.74) is 0. The molecule has 1 aromatic carbocycles. The average molecular weight is 301 g/mol. The molecule has 0 aliphatic heterocycles. The number of sulfonamides is 1. The average Bonchev–Trinajstić information content (AvgIpc) is 2.81. The summed E-state index contributed by atoms with van der Waals surface area (Å²) in [5, 5.41) is 4.42. The molecule has 1 unspecified atom stereocenters. The van der Waals surface area contributed by atoms with Crippen LogP contribution in [0.25, 0.3) is 0 Å². The zero-order valence-electron chi connectivity index (χ0n) is 10.2. The van der Waals surface area contributed by atoms with Crippen LogP contribution in [0.15, 0.2) is 41.8 Å². The Kier molecular flexibility index (Phi) is 4.18. The topological polar surface area (TPSA) is 76.9 Å². The summed E-state index contributed by atoms with van der Waals surface area (Å²) in [7, 11) is -3.55. The van der Waals surface area contributed by atoms with E-state index in [1.54, 1.807) is 11.6 Å². The predicted octanol–water partition coefficient (Wildman–Crippen LogP) is 1.30. The third-order valence-electron chi connectivity index (χ3n) is 2.41. The number of benzene rings is 1. The van der Waals surface area contributed by atoms with Crippen molar-refractivity contribution in [2.24, 2.45) is 0 Å². The Labute approximate surface area is 116 Å². The van der Waals surface area contributed by atoms with Gasteiger partial charge in [0.05, 0.1) is 11.4 Å². The fourth-order valence-corrected chi connectivity index (χ4v) is 2.95. The predicted molar refractivity (Wildman–Crippen MR) is 71.3 cm³/mol. The van der Waals surface area contributed by atoms with E-state index in [-0.39, 0.29) is 10.9 Å². The number of nitrogens with zero attached hydrogens (tertiary/aromatic N) is 3. The molecule has 0 amide bonds. The first-order valence-corrected chi connectivity index (χ1v) is 7.44. The van der Waals surface area contributed by atoms with Crippen LogP contribution < -0.4 is 4.72 Å². The lowest BCUT2D eigenvalue weighted by atomic mass is 10.4. The highest BCUT2D eigenvalue weighted by Gasteiger charge is 2.17. The molecule has 102 valence electrons. The summed E-state index contributed by atoms with van der Waals surface area (Å²) in [5.74, 6) is 0. The van der Waals surface area contributed by atoms with Crippen LogP contribution in [-0.4, -0.2) is 29.2 Å². The zero-order valence-corrected chi connectivity index (χ0v) is 11.8. The summed E-state index contributed by atoms with van der Waals surface area (Å²) in [6, 6.07) is 5.71. The molecule has 6 nitrogen and oxygen atoms in total. The fourth-order valence-electron chi connectivity index (χ4n) is 1.59. The Bertz CT molecular complexity index is 625. The lowest BCUT2D eigenvalue weighted by Gasteiger charge is -2.14. The van der Waals surface area contributed by atoms with E-state index in [9.17, 15) is 8.42 Å². The number of nitrogens with one attached hydrogen (secondary N) is 1. The van der Waals surface area contributed by atoms with Gasteiger partial charge >= 0.3 is 0 Å². The van der Waals surface area contributed by atoms with Gasteiger partial charge in [-0.3, -0.25) is 4.68 Å². The summed E-state index contributed by atoms with van der Waals surface area (Å²) < 4.78 is 28.3. The number of hydrogen-bond donors (Lipinski definition) is 1. The Morgan fingerprint density at radius 3 is 2.63 bits per heavy atom. The standard InChI is InChI=1S/C11H13ClN4O2S/c1-9(6-16-8-13-7-14-16)15-19(17,18)11-4-2-10(12)3-5-11/h2-5,7-9,15H,6H2,1H3. The van der Waals surface area contributed by atoms with E-state index in [2.05, 4.69) is 14.8 Å². The van der Waals surface area contributed by atoms with E-state index < -0.39 is 10.0 Å². The molecule has 0 fully saturated rings. The van der Waals surface area contributed by atoms with Crippen molar-refractivity contribution >= 4 is 21.6 Å². The van der Waals surface area contributed by atoms with Crippen molar-refractivity contribution in [3.05, 3.63) is 41.9 Å². The van der Waals surface area contributed by atoms with Crippen molar-refractivity contribution in [3.8, 4) is 0 Å². The molecular formula is C11H13ClN4O2S. The van der Waals surface area contributed by atoms with Gasteiger partial charge in [0.15, 0.2) is 0 Å². The maximum absolute atomic E-state index is 12.1. The second-order valence-corrected chi connectivity index (χ2v) is 6.24. The number of halogens is 1. The van der Waals surface area contributed by atoms with Crippen LogP contribution in [0.5, 0.6) is 0 Å². The van der Waals surface area contributed by atoms with Crippen LogP contribution in [0.1, 0.15) is 6.92 Å². The summed E-state index contributed by atoms with van der Waals surface area (Å²) in [6.07, 6.45) is 2.94. The third kappa shape index (κ3) is 3.76. The van der Waals surface area contributed by atoms with Crippen LogP contribution in [0.3, 0.4) is 0 Å². The molecule has 0 saturated carbocycles. The van der Waals surface area contributed by atoms with Crippen molar-refractivity contribution in [1.82, 2.24) is 19.5 Å². The molecule has 8 heteroatoms. The molecule has 0 bridgehead atoms. The van der Waals surface area contributed by atoms with Gasteiger partial charge in [-0.15, -0.1) is 0 Å². The normalized spacial score (nSPS) is 13.4. The van der Waals surface area contributed by atoms with Gasteiger partial charge < -0.3 is 0 Å². The van der Waals surface area contributed by atoms with Crippen LogP contribution in [0.4, 0.5) is 0 Å². The first kappa shape index (κ1) is 14.0. The number of aromatic nitrogens is 3. The minimum absolute atomic E-state index is 0.183. The van der Waals surface area contributed by atoms with Crippen LogP contribution in [0, 0.1) is 0 Å². The van der Waals surface area contributed by atoms with E-state index in [4.69, 9.17) is 11.6 Å². The molecule has 0 spiro atoms. The molecule has 0 aliphatic carbocycles. The second-order valence-electron chi connectivity index (χ2n) is 4.09. The van der Waals surface area contributed by atoms with Crippen molar-refractivity contribution in [2.75, 3.05) is 0 Å². The molecule has 2 aromatic rings. The van der Waals surface area contributed by atoms with E-state index in [1.807, 2.05) is 0 Å². The van der Waals surface area contributed by atoms with Crippen molar-refractivity contribution < 1.29 is 8.42 Å². The number of hydrogen-bond acceptors (Lipinski definition) is 4. The molecule has 19 heavy (non-hydrogen) atoms. The zero-order chi connectivity index (χ0) is 13.9. The Morgan fingerprint density at radius 2 is 2.05 bits per heavy atom. The minimum atomic E-state index is -3.55.